The van der Waals surface area contributed by atoms with E-state index in [1.165, 1.54) is 18.2 Å². The first kappa shape index (κ1) is 17.2. The van der Waals surface area contributed by atoms with Gasteiger partial charge in [0.2, 0.25) is 10.0 Å². The van der Waals surface area contributed by atoms with Crippen molar-refractivity contribution in [2.45, 2.75) is 31.6 Å². The topological polar surface area (TPSA) is 92.4 Å². The molecule has 0 spiro atoms. The molecule has 0 aliphatic carbocycles. The van der Waals surface area contributed by atoms with Crippen LogP contribution in [0.2, 0.25) is 5.02 Å². The van der Waals surface area contributed by atoms with Crippen LogP contribution in [0, 0.1) is 5.41 Å². The van der Waals surface area contributed by atoms with E-state index in [0.717, 1.165) is 0 Å². The molecule has 0 atom stereocenters. The van der Waals surface area contributed by atoms with Crippen LogP contribution in [0.3, 0.4) is 0 Å². The van der Waals surface area contributed by atoms with Crippen LogP contribution in [0.4, 0.5) is 5.69 Å². The van der Waals surface area contributed by atoms with Crippen molar-refractivity contribution < 1.29 is 13.5 Å². The van der Waals surface area contributed by atoms with E-state index in [4.69, 9.17) is 17.3 Å². The molecule has 114 valence electrons. The van der Waals surface area contributed by atoms with Crippen LogP contribution in [0.5, 0.6) is 0 Å². The van der Waals surface area contributed by atoms with Gasteiger partial charge in [-0.15, -0.1) is 0 Å². The molecule has 1 rings (SSSR count). The second kappa shape index (κ2) is 6.76. The molecule has 0 unspecified atom stereocenters. The van der Waals surface area contributed by atoms with Gasteiger partial charge in [0, 0.05) is 23.6 Å². The molecule has 7 heteroatoms. The highest BCUT2D eigenvalue weighted by molar-refractivity contribution is 7.89. The third-order valence-electron chi connectivity index (χ3n) is 3.74. The standard InChI is InChI=1S/C13H21ClN2O3S/c1-3-13(4-2,9-17)8-16-20(18,19)12-7-10(14)5-6-11(12)15/h5-7,16-17H,3-4,8-9,15H2,1-2H3. The summed E-state index contributed by atoms with van der Waals surface area (Å²) in [6.45, 7) is 3.92. The van der Waals surface area contributed by atoms with Gasteiger partial charge in [-0.1, -0.05) is 25.4 Å². The van der Waals surface area contributed by atoms with Crippen molar-refractivity contribution in [3.63, 3.8) is 0 Å². The minimum absolute atomic E-state index is 0.0379. The largest absolute Gasteiger partial charge is 0.398 e. The van der Waals surface area contributed by atoms with Crippen molar-refractivity contribution in [3.8, 4) is 0 Å². The van der Waals surface area contributed by atoms with E-state index in [1.54, 1.807) is 0 Å². The Bertz CT molecular complexity index is 548. The van der Waals surface area contributed by atoms with E-state index in [2.05, 4.69) is 4.72 Å². The number of aliphatic hydroxyl groups is 1. The number of hydrogen-bond donors (Lipinski definition) is 3. The summed E-state index contributed by atoms with van der Waals surface area (Å²) in [5.74, 6) is 0. The fraction of sp³-hybridized carbons (Fsp3) is 0.538. The molecule has 0 aliphatic heterocycles. The lowest BCUT2D eigenvalue weighted by Crippen LogP contribution is -2.39. The number of hydrogen-bond acceptors (Lipinski definition) is 4. The first-order valence-electron chi connectivity index (χ1n) is 6.46. The Labute approximate surface area is 125 Å². The number of benzene rings is 1. The highest BCUT2D eigenvalue weighted by Gasteiger charge is 2.28. The van der Waals surface area contributed by atoms with Crippen LogP contribution in [-0.4, -0.2) is 26.7 Å². The number of nitrogens with two attached hydrogens (primary N) is 1. The van der Waals surface area contributed by atoms with Crippen LogP contribution in [-0.2, 0) is 10.0 Å². The zero-order valence-corrected chi connectivity index (χ0v) is 13.3. The average Bonchev–Trinajstić information content (AvgIpc) is 2.43. The lowest BCUT2D eigenvalue weighted by molar-refractivity contribution is 0.119. The molecule has 4 N–H and O–H groups in total. The summed E-state index contributed by atoms with van der Waals surface area (Å²) in [7, 11) is -3.75. The summed E-state index contributed by atoms with van der Waals surface area (Å²) in [4.78, 5) is -0.0379. The fourth-order valence-corrected chi connectivity index (χ4v) is 3.40. The maximum absolute atomic E-state index is 12.3. The molecule has 1 aromatic rings. The van der Waals surface area contributed by atoms with Gasteiger partial charge in [-0.2, -0.15) is 0 Å². The smallest absolute Gasteiger partial charge is 0.242 e. The molecule has 0 radical (unpaired) electrons. The van der Waals surface area contributed by atoms with Gasteiger partial charge in [-0.3, -0.25) is 0 Å². The van der Waals surface area contributed by atoms with Crippen molar-refractivity contribution in [2.75, 3.05) is 18.9 Å². The molecular formula is C13H21ClN2O3S. The maximum Gasteiger partial charge on any atom is 0.242 e. The molecule has 0 amide bonds. The summed E-state index contributed by atoms with van der Waals surface area (Å²) >= 11 is 5.81. The summed E-state index contributed by atoms with van der Waals surface area (Å²) in [6.07, 6.45) is 1.35. The van der Waals surface area contributed by atoms with Crippen molar-refractivity contribution in [2.24, 2.45) is 5.41 Å². The molecule has 0 aromatic heterocycles. The SMILES string of the molecule is CCC(CC)(CO)CNS(=O)(=O)c1cc(Cl)ccc1N. The fourth-order valence-electron chi connectivity index (χ4n) is 1.85. The van der Waals surface area contributed by atoms with Crippen LogP contribution in [0.15, 0.2) is 23.1 Å². The second-order valence-corrected chi connectivity index (χ2v) is 7.04. The van der Waals surface area contributed by atoms with Gasteiger partial charge in [0.1, 0.15) is 4.90 Å². The maximum atomic E-state index is 12.3. The van der Waals surface area contributed by atoms with Gasteiger partial charge in [0.05, 0.1) is 5.69 Å². The molecule has 0 saturated carbocycles. The van der Waals surface area contributed by atoms with Crippen molar-refractivity contribution >= 4 is 27.3 Å². The lowest BCUT2D eigenvalue weighted by Gasteiger charge is -2.29. The summed E-state index contributed by atoms with van der Waals surface area (Å²) in [6, 6.07) is 4.31. The molecule has 0 fully saturated rings. The highest BCUT2D eigenvalue weighted by atomic mass is 35.5. The molecule has 20 heavy (non-hydrogen) atoms. The number of aliphatic hydroxyl groups excluding tert-OH is 1. The summed E-state index contributed by atoms with van der Waals surface area (Å²) < 4.78 is 27.0. The first-order valence-corrected chi connectivity index (χ1v) is 8.32. The Balaban J connectivity index is 2.98. The molecule has 0 heterocycles. The van der Waals surface area contributed by atoms with E-state index in [9.17, 15) is 13.5 Å². The summed E-state index contributed by atoms with van der Waals surface area (Å²) in [5.41, 5.74) is 5.37. The van der Waals surface area contributed by atoms with Gasteiger partial charge in [0.15, 0.2) is 0 Å². The Morgan fingerprint density at radius 3 is 2.45 bits per heavy atom. The minimum Gasteiger partial charge on any atom is -0.398 e. The van der Waals surface area contributed by atoms with Gasteiger partial charge in [-0.05, 0) is 31.0 Å². The number of rotatable bonds is 7. The second-order valence-electron chi connectivity index (χ2n) is 4.87. The molecule has 0 aliphatic rings. The zero-order chi connectivity index (χ0) is 15.4. The molecule has 1 aromatic carbocycles. The normalized spacial score (nSPS) is 12.6. The number of nitrogen functional groups attached to an aromatic ring is 1. The van der Waals surface area contributed by atoms with E-state index < -0.39 is 15.4 Å². The third-order valence-corrected chi connectivity index (χ3v) is 5.43. The monoisotopic (exact) mass is 320 g/mol. The van der Waals surface area contributed by atoms with Gasteiger partial charge in [-0.25, -0.2) is 13.1 Å². The van der Waals surface area contributed by atoms with E-state index in [1.807, 2.05) is 13.8 Å². The highest BCUT2D eigenvalue weighted by Crippen LogP contribution is 2.27. The Kier molecular flexibility index (Phi) is 5.82. The number of halogens is 1. The number of nitrogens with one attached hydrogen (secondary N) is 1. The molecule has 0 saturated heterocycles. The van der Waals surface area contributed by atoms with Crippen LogP contribution >= 0.6 is 11.6 Å². The average molecular weight is 321 g/mol. The van der Waals surface area contributed by atoms with Crippen molar-refractivity contribution in [1.29, 1.82) is 0 Å². The van der Waals surface area contributed by atoms with Gasteiger partial charge < -0.3 is 10.8 Å². The minimum atomic E-state index is -3.75. The Morgan fingerprint density at radius 2 is 1.95 bits per heavy atom. The first-order chi connectivity index (χ1) is 9.30. The van der Waals surface area contributed by atoms with Crippen molar-refractivity contribution in [1.82, 2.24) is 4.72 Å². The molecule has 0 bridgehead atoms. The van der Waals surface area contributed by atoms with Gasteiger partial charge >= 0.3 is 0 Å². The lowest BCUT2D eigenvalue weighted by atomic mass is 9.84. The number of sulfonamides is 1. The number of anilines is 1. The van der Waals surface area contributed by atoms with Gasteiger partial charge in [0.25, 0.3) is 0 Å². The zero-order valence-electron chi connectivity index (χ0n) is 11.7. The molecule has 5 nitrogen and oxygen atoms in total. The quantitative estimate of drug-likeness (QED) is 0.670. The van der Waals surface area contributed by atoms with E-state index in [0.29, 0.717) is 17.9 Å². The van der Waals surface area contributed by atoms with E-state index >= 15 is 0 Å². The predicted octanol–water partition coefficient (Wildman–Crippen LogP) is 2.00. The third kappa shape index (κ3) is 3.85. The Hall–Kier alpha value is -0.820. The molecular weight excluding hydrogens is 300 g/mol. The van der Waals surface area contributed by atoms with Crippen LogP contribution in [0.25, 0.3) is 0 Å². The predicted molar refractivity (Wildman–Crippen MR) is 81.2 cm³/mol. The van der Waals surface area contributed by atoms with Crippen molar-refractivity contribution in [3.05, 3.63) is 23.2 Å². The summed E-state index contributed by atoms with van der Waals surface area (Å²) in [5, 5.41) is 9.77. The van der Waals surface area contributed by atoms with Crippen LogP contribution in [0.1, 0.15) is 26.7 Å². The van der Waals surface area contributed by atoms with E-state index in [-0.39, 0.29) is 23.7 Å². The van der Waals surface area contributed by atoms with Crippen LogP contribution < -0.4 is 10.5 Å². The Morgan fingerprint density at radius 1 is 1.35 bits per heavy atom.